The molecule has 1 aromatic rings. The number of rotatable bonds is 5. The minimum atomic E-state index is -0.846. The molecular formula is C16H23BrClN3O2. The number of nitrogens with zero attached hydrogens (tertiary/aromatic N) is 3. The van der Waals surface area contributed by atoms with Gasteiger partial charge in [-0.1, -0.05) is 32.4 Å². The molecule has 0 atom stereocenters. The van der Waals surface area contributed by atoms with E-state index in [1.54, 1.807) is 11.1 Å². The topological polar surface area (TPSA) is 56.7 Å². The van der Waals surface area contributed by atoms with Gasteiger partial charge < -0.3 is 14.9 Å². The van der Waals surface area contributed by atoms with Crippen molar-refractivity contribution in [1.29, 1.82) is 0 Å². The third kappa shape index (κ3) is 4.51. The third-order valence-electron chi connectivity index (χ3n) is 4.02. The Kier molecular flexibility index (Phi) is 5.16. The largest absolute Gasteiger partial charge is 0.465 e. The highest BCUT2D eigenvalue weighted by Crippen LogP contribution is 2.44. The number of aromatic nitrogens is 1. The van der Waals surface area contributed by atoms with E-state index in [-0.39, 0.29) is 11.0 Å². The Morgan fingerprint density at radius 2 is 2.09 bits per heavy atom. The van der Waals surface area contributed by atoms with Gasteiger partial charge in [0.15, 0.2) is 0 Å². The van der Waals surface area contributed by atoms with Gasteiger partial charge in [-0.15, -0.1) is 0 Å². The Morgan fingerprint density at radius 1 is 1.48 bits per heavy atom. The van der Waals surface area contributed by atoms with Crippen LogP contribution in [0.3, 0.4) is 0 Å². The normalized spacial score (nSPS) is 16.1. The number of likely N-dealkylation sites (N-methyl/N-ethyl adjacent to an activating group) is 1. The van der Waals surface area contributed by atoms with Crippen LogP contribution in [0.1, 0.15) is 33.6 Å². The van der Waals surface area contributed by atoms with Crippen LogP contribution in [0.5, 0.6) is 0 Å². The van der Waals surface area contributed by atoms with E-state index in [9.17, 15) is 9.90 Å². The van der Waals surface area contributed by atoms with Crippen LogP contribution in [-0.2, 0) is 0 Å². The lowest BCUT2D eigenvalue weighted by Gasteiger charge is -2.37. The molecule has 2 rings (SSSR count). The standard InChI is InChI=1S/C16H23BrClN3O2/c1-15(2,3)9-21(14(22)23)16(5-6-16)10-20(4)11-7-12(17)13(18)19-8-11/h7-8H,5-6,9-10H2,1-4H3,(H,22,23). The Bertz CT molecular complexity index is 599. The highest BCUT2D eigenvalue weighted by Gasteiger charge is 2.51. The van der Waals surface area contributed by atoms with E-state index in [4.69, 9.17) is 11.6 Å². The number of hydrogen-bond acceptors (Lipinski definition) is 3. The van der Waals surface area contributed by atoms with Gasteiger partial charge >= 0.3 is 6.09 Å². The quantitative estimate of drug-likeness (QED) is 0.735. The summed E-state index contributed by atoms with van der Waals surface area (Å²) in [6.45, 7) is 7.35. The molecule has 0 bridgehead atoms. The third-order valence-corrected chi connectivity index (χ3v) is 5.15. The maximum atomic E-state index is 11.8. The molecule has 0 saturated heterocycles. The summed E-state index contributed by atoms with van der Waals surface area (Å²) in [5, 5.41) is 10.1. The fraction of sp³-hybridized carbons (Fsp3) is 0.625. The first-order chi connectivity index (χ1) is 10.5. The van der Waals surface area contributed by atoms with Crippen LogP contribution in [0.25, 0.3) is 0 Å². The van der Waals surface area contributed by atoms with Gasteiger partial charge in [-0.3, -0.25) is 0 Å². The summed E-state index contributed by atoms with van der Waals surface area (Å²) in [5.41, 5.74) is 0.533. The zero-order valence-electron chi connectivity index (χ0n) is 13.9. The van der Waals surface area contributed by atoms with E-state index in [1.165, 1.54) is 0 Å². The van der Waals surface area contributed by atoms with Crippen LogP contribution in [0.2, 0.25) is 5.15 Å². The second-order valence-corrected chi connectivity index (χ2v) is 8.69. The van der Waals surface area contributed by atoms with E-state index in [2.05, 4.69) is 41.7 Å². The van der Waals surface area contributed by atoms with Gasteiger partial charge in [-0.2, -0.15) is 0 Å². The fourth-order valence-corrected chi connectivity index (χ4v) is 3.16. The molecule has 1 aromatic heterocycles. The van der Waals surface area contributed by atoms with Crippen molar-refractivity contribution in [3.05, 3.63) is 21.9 Å². The summed E-state index contributed by atoms with van der Waals surface area (Å²) < 4.78 is 0.734. The van der Waals surface area contributed by atoms with Crippen molar-refractivity contribution in [1.82, 2.24) is 9.88 Å². The summed E-state index contributed by atoms with van der Waals surface area (Å²) in [5.74, 6) is 0. The van der Waals surface area contributed by atoms with E-state index < -0.39 is 6.09 Å². The number of amides is 1. The number of anilines is 1. The molecule has 1 N–H and O–H groups in total. The summed E-state index contributed by atoms with van der Waals surface area (Å²) in [7, 11) is 1.95. The number of hydrogen-bond donors (Lipinski definition) is 1. The lowest BCUT2D eigenvalue weighted by atomic mass is 9.95. The van der Waals surface area contributed by atoms with Crippen molar-refractivity contribution in [3.8, 4) is 0 Å². The van der Waals surface area contributed by atoms with Gasteiger partial charge in [-0.25, -0.2) is 9.78 Å². The second kappa shape index (κ2) is 6.48. The van der Waals surface area contributed by atoms with Gasteiger partial charge in [0.2, 0.25) is 0 Å². The number of carbonyl (C=O) groups is 1. The Hall–Kier alpha value is -1.01. The summed E-state index contributed by atoms with van der Waals surface area (Å²) in [6.07, 6.45) is 2.64. The molecule has 5 nitrogen and oxygen atoms in total. The predicted molar refractivity (Wildman–Crippen MR) is 96.4 cm³/mol. The molecule has 0 aliphatic heterocycles. The SMILES string of the molecule is CN(CC1(N(CC(C)(C)C)C(=O)O)CC1)c1cnc(Cl)c(Br)c1. The highest BCUT2D eigenvalue weighted by atomic mass is 79.9. The van der Waals surface area contributed by atoms with Crippen molar-refractivity contribution in [2.45, 2.75) is 39.2 Å². The van der Waals surface area contributed by atoms with Gasteiger partial charge in [0.05, 0.1) is 21.9 Å². The lowest BCUT2D eigenvalue weighted by Crippen LogP contribution is -2.50. The maximum absolute atomic E-state index is 11.8. The molecule has 1 amide bonds. The molecule has 1 fully saturated rings. The molecule has 1 saturated carbocycles. The molecule has 23 heavy (non-hydrogen) atoms. The Labute approximate surface area is 150 Å². The van der Waals surface area contributed by atoms with Crippen molar-refractivity contribution in [2.75, 3.05) is 25.0 Å². The summed E-state index contributed by atoms with van der Waals surface area (Å²) in [4.78, 5) is 19.5. The van der Waals surface area contributed by atoms with E-state index >= 15 is 0 Å². The van der Waals surface area contributed by atoms with Crippen molar-refractivity contribution < 1.29 is 9.90 Å². The molecule has 128 valence electrons. The van der Waals surface area contributed by atoms with Gasteiger partial charge in [0.1, 0.15) is 5.15 Å². The van der Waals surface area contributed by atoms with Crippen LogP contribution >= 0.6 is 27.5 Å². The zero-order chi connectivity index (χ0) is 17.4. The number of pyridine rings is 1. The molecule has 7 heteroatoms. The van der Waals surface area contributed by atoms with Gasteiger partial charge in [-0.05, 0) is 40.3 Å². The molecule has 1 aliphatic carbocycles. The van der Waals surface area contributed by atoms with Crippen molar-refractivity contribution in [3.63, 3.8) is 0 Å². The summed E-state index contributed by atoms with van der Waals surface area (Å²) >= 11 is 9.31. The average molecular weight is 405 g/mol. The summed E-state index contributed by atoms with van der Waals surface area (Å²) in [6, 6.07) is 1.90. The molecule has 0 radical (unpaired) electrons. The number of carboxylic acid groups (broad SMARTS) is 1. The van der Waals surface area contributed by atoms with E-state index in [0.717, 1.165) is 23.0 Å². The minimum absolute atomic E-state index is 0.0720. The smallest absolute Gasteiger partial charge is 0.407 e. The molecule has 1 aliphatic rings. The van der Waals surface area contributed by atoms with Crippen LogP contribution < -0.4 is 4.90 Å². The molecular weight excluding hydrogens is 382 g/mol. The van der Waals surface area contributed by atoms with Crippen LogP contribution in [0.4, 0.5) is 10.5 Å². The molecule has 0 unspecified atom stereocenters. The van der Waals surface area contributed by atoms with Gasteiger partial charge in [0.25, 0.3) is 0 Å². The molecule has 0 spiro atoms. The molecule has 0 aromatic carbocycles. The monoisotopic (exact) mass is 403 g/mol. The molecule has 1 heterocycles. The van der Waals surface area contributed by atoms with Crippen LogP contribution in [0.15, 0.2) is 16.7 Å². The second-order valence-electron chi connectivity index (χ2n) is 7.48. The first kappa shape index (κ1) is 18.3. The Balaban J connectivity index is 2.16. The Morgan fingerprint density at radius 3 is 2.52 bits per heavy atom. The first-order valence-corrected chi connectivity index (χ1v) is 8.74. The first-order valence-electron chi connectivity index (χ1n) is 7.57. The minimum Gasteiger partial charge on any atom is -0.465 e. The van der Waals surface area contributed by atoms with Crippen molar-refractivity contribution in [2.24, 2.45) is 5.41 Å². The lowest BCUT2D eigenvalue weighted by molar-refractivity contribution is 0.0957. The maximum Gasteiger partial charge on any atom is 0.407 e. The average Bonchev–Trinajstić information content (AvgIpc) is 3.18. The van der Waals surface area contributed by atoms with E-state index in [1.807, 2.05) is 18.0 Å². The van der Waals surface area contributed by atoms with E-state index in [0.29, 0.717) is 18.2 Å². The fourth-order valence-electron chi connectivity index (χ4n) is 2.72. The number of halogens is 2. The van der Waals surface area contributed by atoms with Crippen molar-refractivity contribution >= 4 is 39.3 Å². The predicted octanol–water partition coefficient (Wildman–Crippen LogP) is 4.49. The van der Waals surface area contributed by atoms with Crippen LogP contribution in [0, 0.1) is 5.41 Å². The van der Waals surface area contributed by atoms with Crippen LogP contribution in [-0.4, -0.2) is 46.8 Å². The van der Waals surface area contributed by atoms with Gasteiger partial charge in [0, 0.05) is 20.1 Å². The zero-order valence-corrected chi connectivity index (χ0v) is 16.3. The highest BCUT2D eigenvalue weighted by molar-refractivity contribution is 9.10.